The molecule has 0 aromatic rings. The van der Waals surface area contributed by atoms with Gasteiger partial charge in [-0.1, -0.05) is 20.8 Å². The Kier molecular flexibility index (Phi) is 3.03. The van der Waals surface area contributed by atoms with E-state index in [1.165, 1.54) is 0 Å². The van der Waals surface area contributed by atoms with Crippen molar-refractivity contribution in [2.75, 3.05) is 6.54 Å². The molecule has 1 heterocycles. The second-order valence-electron chi connectivity index (χ2n) is 5.46. The molecule has 0 aromatic heterocycles. The van der Waals surface area contributed by atoms with Crippen LogP contribution in [0.5, 0.6) is 0 Å². The molecule has 1 aliphatic heterocycles. The van der Waals surface area contributed by atoms with E-state index in [4.69, 9.17) is 4.74 Å². The molecule has 1 saturated heterocycles. The van der Waals surface area contributed by atoms with Crippen molar-refractivity contribution in [1.82, 2.24) is 4.90 Å². The third-order valence-corrected chi connectivity index (χ3v) is 2.53. The first-order valence-electron chi connectivity index (χ1n) is 5.23. The Morgan fingerprint density at radius 3 is 2.15 bits per heavy atom. The van der Waals surface area contributed by atoms with Crippen LogP contribution in [0.25, 0.3) is 0 Å². The van der Waals surface area contributed by atoms with Gasteiger partial charge in [-0.05, 0) is 20.8 Å². The molecule has 0 N–H and O–H groups in total. The van der Waals surface area contributed by atoms with Crippen LogP contribution in [0.4, 0.5) is 0 Å². The highest BCUT2D eigenvalue weighted by Gasteiger charge is 2.39. The van der Waals surface area contributed by atoms with E-state index in [1.54, 1.807) is 0 Å². The SMILES string of the molecule is CC(C)N1C[C@H](C)OC1C(C)(C)C. The average molecular weight is 185 g/mol. The molecule has 78 valence electrons. The lowest BCUT2D eigenvalue weighted by Crippen LogP contribution is -2.43. The zero-order valence-electron chi connectivity index (χ0n) is 9.79. The third kappa shape index (κ3) is 2.44. The van der Waals surface area contributed by atoms with Gasteiger partial charge in [-0.2, -0.15) is 0 Å². The molecule has 0 radical (unpaired) electrons. The summed E-state index contributed by atoms with van der Waals surface area (Å²) in [7, 11) is 0. The summed E-state index contributed by atoms with van der Waals surface area (Å²) in [5.41, 5.74) is 0.217. The van der Waals surface area contributed by atoms with E-state index in [2.05, 4.69) is 46.4 Å². The van der Waals surface area contributed by atoms with E-state index in [0.717, 1.165) is 6.54 Å². The highest BCUT2D eigenvalue weighted by atomic mass is 16.5. The van der Waals surface area contributed by atoms with Crippen LogP contribution in [-0.2, 0) is 4.74 Å². The predicted molar refractivity (Wildman–Crippen MR) is 55.6 cm³/mol. The highest BCUT2D eigenvalue weighted by Crippen LogP contribution is 2.32. The van der Waals surface area contributed by atoms with Gasteiger partial charge < -0.3 is 4.74 Å². The van der Waals surface area contributed by atoms with Crippen molar-refractivity contribution in [3.63, 3.8) is 0 Å². The molecule has 0 spiro atoms. The average Bonchev–Trinajstić information content (AvgIpc) is 2.29. The Balaban J connectivity index is 2.72. The van der Waals surface area contributed by atoms with Crippen LogP contribution < -0.4 is 0 Å². The second-order valence-corrected chi connectivity index (χ2v) is 5.46. The van der Waals surface area contributed by atoms with Gasteiger partial charge in [0.15, 0.2) is 0 Å². The van der Waals surface area contributed by atoms with Crippen molar-refractivity contribution < 1.29 is 4.74 Å². The Hall–Kier alpha value is -0.0800. The van der Waals surface area contributed by atoms with Crippen molar-refractivity contribution in [2.24, 2.45) is 5.41 Å². The van der Waals surface area contributed by atoms with Gasteiger partial charge >= 0.3 is 0 Å². The first-order chi connectivity index (χ1) is 5.82. The van der Waals surface area contributed by atoms with Gasteiger partial charge in [-0.15, -0.1) is 0 Å². The first kappa shape index (κ1) is 11.0. The van der Waals surface area contributed by atoms with Gasteiger partial charge in [-0.3, -0.25) is 4.90 Å². The maximum atomic E-state index is 5.93. The molecule has 0 saturated carbocycles. The fraction of sp³-hybridized carbons (Fsp3) is 1.00. The number of nitrogens with zero attached hydrogens (tertiary/aromatic N) is 1. The molecule has 1 aliphatic rings. The Morgan fingerprint density at radius 2 is 1.85 bits per heavy atom. The van der Waals surface area contributed by atoms with Crippen molar-refractivity contribution in [3.05, 3.63) is 0 Å². The largest absolute Gasteiger partial charge is 0.358 e. The van der Waals surface area contributed by atoms with Gasteiger partial charge in [-0.25, -0.2) is 0 Å². The van der Waals surface area contributed by atoms with E-state index in [1.807, 2.05) is 0 Å². The maximum Gasteiger partial charge on any atom is 0.116 e. The molecule has 1 fully saturated rings. The van der Waals surface area contributed by atoms with Crippen LogP contribution >= 0.6 is 0 Å². The molecular weight excluding hydrogens is 162 g/mol. The molecule has 0 amide bonds. The van der Waals surface area contributed by atoms with Gasteiger partial charge in [0.25, 0.3) is 0 Å². The summed E-state index contributed by atoms with van der Waals surface area (Å²) in [5, 5.41) is 0. The molecule has 2 heteroatoms. The topological polar surface area (TPSA) is 12.5 Å². The molecule has 1 unspecified atom stereocenters. The lowest BCUT2D eigenvalue weighted by atomic mass is 9.93. The van der Waals surface area contributed by atoms with E-state index < -0.39 is 0 Å². The van der Waals surface area contributed by atoms with Gasteiger partial charge in [0.2, 0.25) is 0 Å². The molecular formula is C11H23NO. The lowest BCUT2D eigenvalue weighted by molar-refractivity contribution is -0.0731. The summed E-state index contributed by atoms with van der Waals surface area (Å²) < 4.78 is 5.93. The second kappa shape index (κ2) is 3.58. The highest BCUT2D eigenvalue weighted by molar-refractivity contribution is 4.85. The minimum Gasteiger partial charge on any atom is -0.358 e. The zero-order chi connectivity index (χ0) is 10.2. The fourth-order valence-electron chi connectivity index (χ4n) is 1.92. The summed E-state index contributed by atoms with van der Waals surface area (Å²) in [4.78, 5) is 2.45. The van der Waals surface area contributed by atoms with E-state index >= 15 is 0 Å². The summed E-state index contributed by atoms with van der Waals surface area (Å²) in [6, 6.07) is 0.578. The van der Waals surface area contributed by atoms with E-state index in [0.29, 0.717) is 12.1 Å². The van der Waals surface area contributed by atoms with Crippen molar-refractivity contribution in [1.29, 1.82) is 0 Å². The molecule has 13 heavy (non-hydrogen) atoms. The lowest BCUT2D eigenvalue weighted by Gasteiger charge is -2.35. The van der Waals surface area contributed by atoms with Crippen LogP contribution in [-0.4, -0.2) is 29.8 Å². The quantitative estimate of drug-likeness (QED) is 0.622. The van der Waals surface area contributed by atoms with E-state index in [-0.39, 0.29) is 11.6 Å². The Labute approximate surface area is 82.3 Å². The van der Waals surface area contributed by atoms with Gasteiger partial charge in [0.1, 0.15) is 6.23 Å². The number of rotatable bonds is 1. The van der Waals surface area contributed by atoms with Crippen molar-refractivity contribution in [3.8, 4) is 0 Å². The first-order valence-corrected chi connectivity index (χ1v) is 5.23. The maximum absolute atomic E-state index is 5.93. The van der Waals surface area contributed by atoms with Gasteiger partial charge in [0.05, 0.1) is 6.10 Å². The smallest absolute Gasteiger partial charge is 0.116 e. The monoisotopic (exact) mass is 185 g/mol. The summed E-state index contributed by atoms with van der Waals surface area (Å²) in [6.45, 7) is 14.4. The molecule has 0 bridgehead atoms. The van der Waals surface area contributed by atoms with Gasteiger partial charge in [0, 0.05) is 18.0 Å². The van der Waals surface area contributed by atoms with Crippen LogP contribution in [0.3, 0.4) is 0 Å². The number of hydrogen-bond acceptors (Lipinski definition) is 2. The fourth-order valence-corrected chi connectivity index (χ4v) is 1.92. The molecule has 0 aromatic carbocycles. The van der Waals surface area contributed by atoms with E-state index in [9.17, 15) is 0 Å². The van der Waals surface area contributed by atoms with Crippen LogP contribution in [0, 0.1) is 5.41 Å². The normalized spacial score (nSPS) is 31.6. The van der Waals surface area contributed by atoms with Crippen LogP contribution in [0.1, 0.15) is 41.5 Å². The van der Waals surface area contributed by atoms with Crippen LogP contribution in [0.2, 0.25) is 0 Å². The summed E-state index contributed by atoms with van der Waals surface area (Å²) in [6.07, 6.45) is 0.661. The predicted octanol–water partition coefficient (Wildman–Crippen LogP) is 2.49. The van der Waals surface area contributed by atoms with Crippen molar-refractivity contribution >= 4 is 0 Å². The summed E-state index contributed by atoms with van der Waals surface area (Å²) >= 11 is 0. The summed E-state index contributed by atoms with van der Waals surface area (Å²) in [5.74, 6) is 0. The molecule has 1 rings (SSSR count). The molecule has 0 aliphatic carbocycles. The minimum absolute atomic E-state index is 0.217. The standard InChI is InChI=1S/C11H23NO/c1-8(2)12-7-9(3)13-10(12)11(4,5)6/h8-10H,7H2,1-6H3/t9-,10?/m0/s1. The molecule has 2 atom stereocenters. The Bertz CT molecular complexity index is 171. The Morgan fingerprint density at radius 1 is 1.31 bits per heavy atom. The number of ether oxygens (including phenoxy) is 1. The van der Waals surface area contributed by atoms with Crippen LogP contribution in [0.15, 0.2) is 0 Å². The number of hydrogen-bond donors (Lipinski definition) is 0. The van der Waals surface area contributed by atoms with Crippen molar-refractivity contribution in [2.45, 2.75) is 59.9 Å². The molecule has 2 nitrogen and oxygen atoms in total. The minimum atomic E-state index is 0.217. The third-order valence-electron chi connectivity index (χ3n) is 2.53. The zero-order valence-corrected chi connectivity index (χ0v) is 9.79.